The second kappa shape index (κ2) is 21.7. The van der Waals surface area contributed by atoms with Crippen LogP contribution in [0.25, 0.3) is 0 Å². The molecular formula is C51H29BF24N2O2. The number of carbonyl (C=O) groups excluding carboxylic acids is 1. The highest BCUT2D eigenvalue weighted by molar-refractivity contribution is 7.20. The van der Waals surface area contributed by atoms with E-state index >= 15 is 0 Å². The first-order valence-corrected chi connectivity index (χ1v) is 22.0. The number of alkyl halides is 24. The van der Waals surface area contributed by atoms with E-state index in [2.05, 4.69) is 4.98 Å². The molecule has 0 saturated carbocycles. The summed E-state index contributed by atoms with van der Waals surface area (Å²) in [7, 11) is 0. The van der Waals surface area contributed by atoms with Gasteiger partial charge in [-0.25, -0.2) is 4.98 Å². The van der Waals surface area contributed by atoms with E-state index in [4.69, 9.17) is 4.74 Å². The maximum Gasteiger partial charge on any atom is 0.416 e. The van der Waals surface area contributed by atoms with Crippen molar-refractivity contribution in [1.82, 2.24) is 4.98 Å². The average Bonchev–Trinajstić information content (AvgIpc) is 3.33. The van der Waals surface area contributed by atoms with Crippen LogP contribution >= 0.6 is 0 Å². The van der Waals surface area contributed by atoms with Gasteiger partial charge in [-0.2, -0.15) is 132 Å². The van der Waals surface area contributed by atoms with Crippen LogP contribution in [0.15, 0.2) is 146 Å². The second-order valence-electron chi connectivity index (χ2n) is 17.4. The summed E-state index contributed by atoms with van der Waals surface area (Å²) in [6.07, 6.45) is -49.7. The van der Waals surface area contributed by atoms with Gasteiger partial charge in [0, 0.05) is 5.56 Å². The Kier molecular flexibility index (Phi) is 16.7. The summed E-state index contributed by atoms with van der Waals surface area (Å²) in [5.41, 5.74) is -28.5. The van der Waals surface area contributed by atoms with Gasteiger partial charge in [0.05, 0.1) is 50.7 Å². The quantitative estimate of drug-likeness (QED) is 0.0626. The lowest BCUT2D eigenvalue weighted by molar-refractivity contribution is -0.683. The molecule has 0 aliphatic rings. The maximum atomic E-state index is 14.2. The first-order chi connectivity index (χ1) is 36.5. The van der Waals surface area contributed by atoms with Gasteiger partial charge in [-0.3, -0.25) is 4.79 Å². The van der Waals surface area contributed by atoms with E-state index in [9.17, 15) is 110 Å². The fourth-order valence-electron chi connectivity index (χ4n) is 8.30. The second-order valence-corrected chi connectivity index (χ2v) is 17.4. The highest BCUT2D eigenvalue weighted by Crippen LogP contribution is 2.41. The molecule has 0 saturated heterocycles. The molecule has 0 bridgehead atoms. The fraction of sp³-hybridized carbons (Fsp3) is 0.196. The van der Waals surface area contributed by atoms with Crippen LogP contribution in [0.3, 0.4) is 0 Å². The Hall–Kier alpha value is -7.75. The predicted molar refractivity (Wildman–Crippen MR) is 237 cm³/mol. The summed E-state index contributed by atoms with van der Waals surface area (Å²) < 4.78 is 348. The van der Waals surface area contributed by atoms with Crippen molar-refractivity contribution in [2.75, 3.05) is 0 Å². The minimum Gasteiger partial charge on any atom is -0.434 e. The van der Waals surface area contributed by atoms with E-state index < -0.39 is 195 Å². The van der Waals surface area contributed by atoms with E-state index in [0.717, 1.165) is 11.3 Å². The Morgan fingerprint density at radius 1 is 0.425 bits per heavy atom. The first-order valence-electron chi connectivity index (χ1n) is 22.0. The monoisotopic (exact) mass is 1170 g/mol. The normalized spacial score (nSPS) is 13.2. The molecule has 7 aromatic rings. The average molecular weight is 1170 g/mol. The zero-order valence-electron chi connectivity index (χ0n) is 39.4. The largest absolute Gasteiger partial charge is 0.434 e. The smallest absolute Gasteiger partial charge is 0.416 e. The summed E-state index contributed by atoms with van der Waals surface area (Å²) >= 11 is 0. The van der Waals surface area contributed by atoms with Crippen molar-refractivity contribution in [3.8, 4) is 11.6 Å². The highest BCUT2D eigenvalue weighted by atomic mass is 19.4. The van der Waals surface area contributed by atoms with Crippen molar-refractivity contribution >= 4 is 33.8 Å². The minimum atomic E-state index is -6.13. The molecule has 7 rings (SSSR count). The Labute approximate surface area is 433 Å². The third-order valence-corrected chi connectivity index (χ3v) is 11.9. The number of aryl methyl sites for hydroxylation is 1. The molecule has 0 spiro atoms. The van der Waals surface area contributed by atoms with E-state index in [-0.39, 0.29) is 12.3 Å². The number of Topliss-reactive ketones (excluding diaryl/α,β-unsaturated/α-hetero) is 1. The molecule has 426 valence electrons. The molecule has 80 heavy (non-hydrogen) atoms. The molecule has 4 nitrogen and oxygen atoms in total. The van der Waals surface area contributed by atoms with Gasteiger partial charge in [-0.05, 0) is 42.8 Å². The molecule has 0 radical (unpaired) electrons. The van der Waals surface area contributed by atoms with Gasteiger partial charge < -0.3 is 4.74 Å². The standard InChI is InChI=1S/C32H12BF24.C19H17N2O2/c34-25(35,36)13-1-14(26(37,38)39)6-21(5-13)33(22-7-15(27(40,41)42)2-16(8-22)28(43,44)45,23-9-17(29(46,47)48)3-18(10-23)30(49,50)51)24-11-19(31(52,53)54)4-20(12-24)32(55,56)57;1-15-7-5-6-10-18(15)23-19-14-21(12-11-20-19)13-17(22)16-8-3-2-4-9-16/h1-12H;2-12,14H,13H2,1H3/q-1;+1. The number of rotatable bonds is 9. The molecule has 6 aromatic carbocycles. The van der Waals surface area contributed by atoms with Crippen LogP contribution in [-0.2, 0) is 56.0 Å². The van der Waals surface area contributed by atoms with Crippen LogP contribution in [0.2, 0.25) is 0 Å². The van der Waals surface area contributed by atoms with E-state index in [1.807, 2.05) is 61.5 Å². The SMILES string of the molecule is Cc1ccccc1Oc1c[n+](CC(=O)c2ccccc2)ccn1.FC(F)(F)c1cc([B-](c2cc(C(F)(F)F)cc(C(F)(F)F)c2)(c2cc(C(F)(F)F)cc(C(F)(F)F)c2)c2cc(C(F)(F)F)cc(C(F)(F)F)c2)cc(C(F)(F)F)c1. The molecule has 0 unspecified atom stereocenters. The van der Waals surface area contributed by atoms with Crippen LogP contribution in [-0.4, -0.2) is 16.9 Å². The van der Waals surface area contributed by atoms with Crippen molar-refractivity contribution in [2.45, 2.75) is 62.9 Å². The Balaban J connectivity index is 0.000000370. The zero-order valence-corrected chi connectivity index (χ0v) is 39.4. The number of hydrogen-bond acceptors (Lipinski definition) is 3. The molecule has 1 aromatic heterocycles. The van der Waals surface area contributed by atoms with E-state index in [1.165, 1.54) is 0 Å². The molecule has 1 heterocycles. The fourth-order valence-corrected chi connectivity index (χ4v) is 8.30. The van der Waals surface area contributed by atoms with Gasteiger partial charge in [0.15, 0.2) is 6.20 Å². The summed E-state index contributed by atoms with van der Waals surface area (Å²) in [5, 5.41) is 0. The zero-order chi connectivity index (χ0) is 60.0. The first kappa shape index (κ1) is 61.5. The van der Waals surface area contributed by atoms with E-state index in [0.29, 0.717) is 11.4 Å². The topological polar surface area (TPSA) is 43.1 Å². The van der Waals surface area contributed by atoms with Crippen molar-refractivity contribution in [2.24, 2.45) is 0 Å². The van der Waals surface area contributed by atoms with Crippen molar-refractivity contribution in [3.63, 3.8) is 0 Å². The van der Waals surface area contributed by atoms with Gasteiger partial charge >= 0.3 is 49.4 Å². The van der Waals surface area contributed by atoms with E-state index in [1.54, 1.807) is 23.2 Å². The molecule has 0 amide bonds. The van der Waals surface area contributed by atoms with Crippen LogP contribution in [0.5, 0.6) is 11.6 Å². The Morgan fingerprint density at radius 3 is 1.00 bits per heavy atom. The highest BCUT2D eigenvalue weighted by Gasteiger charge is 2.47. The van der Waals surface area contributed by atoms with Crippen LogP contribution in [0.4, 0.5) is 105 Å². The lowest BCUT2D eigenvalue weighted by Crippen LogP contribution is -2.75. The van der Waals surface area contributed by atoms with Gasteiger partial charge in [-0.15, -0.1) is 0 Å². The summed E-state index contributed by atoms with van der Waals surface area (Å²) in [6.45, 7) is 2.22. The number of carbonyl (C=O) groups is 1. The molecule has 29 heteroatoms. The van der Waals surface area contributed by atoms with Crippen molar-refractivity contribution in [3.05, 3.63) is 202 Å². The lowest BCUT2D eigenvalue weighted by Gasteiger charge is -2.46. The third-order valence-electron chi connectivity index (χ3n) is 11.9. The van der Waals surface area contributed by atoms with Gasteiger partial charge in [0.2, 0.25) is 18.5 Å². The number of halogens is 24. The maximum absolute atomic E-state index is 14.2. The summed E-state index contributed by atoms with van der Waals surface area (Å²) in [5.74, 6) is 1.26. The third kappa shape index (κ3) is 14.3. The van der Waals surface area contributed by atoms with Crippen molar-refractivity contribution in [1.29, 1.82) is 0 Å². The Morgan fingerprint density at radius 2 is 0.713 bits per heavy atom. The van der Waals surface area contributed by atoms with Gasteiger partial charge in [0.25, 0.3) is 5.88 Å². The number of nitrogens with zero attached hydrogens (tertiary/aromatic N) is 2. The minimum absolute atomic E-state index is 0.0450. The number of ether oxygens (including phenoxy) is 1. The van der Waals surface area contributed by atoms with Crippen LogP contribution in [0, 0.1) is 6.92 Å². The van der Waals surface area contributed by atoms with Crippen molar-refractivity contribution < 1.29 is 119 Å². The predicted octanol–water partition coefficient (Wildman–Crippen LogP) is 14.6. The number of para-hydroxylation sites is 1. The number of aromatic nitrogens is 2. The molecular weight excluding hydrogens is 1140 g/mol. The van der Waals surface area contributed by atoms with Gasteiger partial charge in [0.1, 0.15) is 11.9 Å². The molecule has 0 aliphatic carbocycles. The summed E-state index contributed by atoms with van der Waals surface area (Å²) in [6, 6.07) is 8.17. The van der Waals surface area contributed by atoms with Gasteiger partial charge in [-0.1, -0.05) is 97.1 Å². The number of ketones is 1. The summed E-state index contributed by atoms with van der Waals surface area (Å²) in [4.78, 5) is 16.5. The Bertz CT molecular complexity index is 2940. The molecule has 0 atom stereocenters. The van der Waals surface area contributed by atoms with Crippen LogP contribution < -0.4 is 31.2 Å². The number of benzene rings is 6. The molecule has 0 N–H and O–H groups in total. The molecule has 0 fully saturated rings. The lowest BCUT2D eigenvalue weighted by atomic mass is 9.12. The number of hydrogen-bond donors (Lipinski definition) is 0. The molecule has 0 aliphatic heterocycles. The van der Waals surface area contributed by atoms with Crippen LogP contribution in [0.1, 0.15) is 60.4 Å².